The number of carbonyl (C=O) groups excluding carboxylic acids is 1. The number of fused-ring (bicyclic) bond motifs is 2. The maximum atomic E-state index is 14.8. The van der Waals surface area contributed by atoms with E-state index in [0.717, 1.165) is 11.1 Å². The summed E-state index contributed by atoms with van der Waals surface area (Å²) < 4.78 is 26.1. The molecular weight excluding hydrogens is 385 g/mol. The molecule has 0 radical (unpaired) electrons. The lowest BCUT2D eigenvalue weighted by Gasteiger charge is -2.24. The Hall–Kier alpha value is -3.67. The fourth-order valence-electron chi connectivity index (χ4n) is 4.03. The van der Waals surface area contributed by atoms with E-state index in [9.17, 15) is 14.0 Å². The van der Waals surface area contributed by atoms with Crippen LogP contribution < -0.4 is 5.43 Å². The van der Waals surface area contributed by atoms with E-state index in [1.807, 2.05) is 13.8 Å². The molecule has 1 aliphatic rings. The number of amides is 1. The third-order valence-electron chi connectivity index (χ3n) is 5.69. The highest BCUT2D eigenvalue weighted by Crippen LogP contribution is 2.40. The summed E-state index contributed by atoms with van der Waals surface area (Å²) in [5.74, 6) is -0.476. The SMILES string of the molecule is Cc1cc2oc3c(c(=O)c2cc1C)C(c1ccccc1F)N(Cc1ccco1)C3=O. The van der Waals surface area contributed by atoms with Crippen molar-refractivity contribution in [2.45, 2.75) is 26.4 Å². The van der Waals surface area contributed by atoms with Gasteiger partial charge in [-0.15, -0.1) is 0 Å². The lowest BCUT2D eigenvalue weighted by Crippen LogP contribution is -2.29. The van der Waals surface area contributed by atoms with Gasteiger partial charge in [-0.2, -0.15) is 0 Å². The maximum absolute atomic E-state index is 14.8. The lowest BCUT2D eigenvalue weighted by atomic mass is 9.97. The van der Waals surface area contributed by atoms with Gasteiger partial charge >= 0.3 is 0 Å². The molecule has 2 aromatic carbocycles. The number of halogens is 1. The molecule has 0 saturated carbocycles. The first-order valence-corrected chi connectivity index (χ1v) is 9.61. The molecule has 2 aromatic heterocycles. The Kier molecular flexibility index (Phi) is 4.10. The number of hydrogen-bond acceptors (Lipinski definition) is 4. The minimum absolute atomic E-state index is 0.0458. The van der Waals surface area contributed by atoms with E-state index < -0.39 is 17.8 Å². The van der Waals surface area contributed by atoms with Gasteiger partial charge in [0.2, 0.25) is 5.76 Å². The first kappa shape index (κ1) is 18.4. The third-order valence-corrected chi connectivity index (χ3v) is 5.69. The standard InChI is InChI=1S/C24H18FNO4/c1-13-10-17-19(11-14(13)2)30-23-20(22(17)27)21(16-7-3-4-8-18(16)25)26(24(23)28)12-15-6-5-9-29-15/h3-11,21H,12H2,1-2H3. The van der Waals surface area contributed by atoms with Gasteiger partial charge in [0.15, 0.2) is 5.43 Å². The summed E-state index contributed by atoms with van der Waals surface area (Å²) in [6, 6.07) is 12.2. The average Bonchev–Trinajstić information content (AvgIpc) is 3.32. The molecule has 5 nitrogen and oxygen atoms in total. The summed E-state index contributed by atoms with van der Waals surface area (Å²) in [5, 5.41) is 0.380. The van der Waals surface area contributed by atoms with Crippen molar-refractivity contribution < 1.29 is 18.0 Å². The Morgan fingerprint density at radius 3 is 2.53 bits per heavy atom. The fraction of sp³-hybridized carbons (Fsp3) is 0.167. The van der Waals surface area contributed by atoms with Crippen LogP contribution in [0.2, 0.25) is 0 Å². The number of furan rings is 1. The van der Waals surface area contributed by atoms with Crippen LogP contribution in [0.15, 0.2) is 68.4 Å². The van der Waals surface area contributed by atoms with Crippen molar-refractivity contribution in [1.82, 2.24) is 4.90 Å². The van der Waals surface area contributed by atoms with Gasteiger partial charge < -0.3 is 13.7 Å². The predicted octanol–water partition coefficient (Wildman–Crippen LogP) is 4.89. The van der Waals surface area contributed by atoms with Gasteiger partial charge in [-0.1, -0.05) is 18.2 Å². The Morgan fingerprint density at radius 1 is 1.03 bits per heavy atom. The minimum Gasteiger partial charge on any atom is -0.467 e. The average molecular weight is 403 g/mol. The van der Waals surface area contributed by atoms with Crippen LogP contribution in [-0.4, -0.2) is 10.8 Å². The molecule has 0 N–H and O–H groups in total. The monoisotopic (exact) mass is 403 g/mol. The van der Waals surface area contributed by atoms with Crippen LogP contribution in [0.25, 0.3) is 11.0 Å². The summed E-state index contributed by atoms with van der Waals surface area (Å²) in [6.45, 7) is 3.90. The topological polar surface area (TPSA) is 63.7 Å². The molecule has 150 valence electrons. The number of rotatable bonds is 3. The van der Waals surface area contributed by atoms with Gasteiger partial charge in [0, 0.05) is 5.56 Å². The number of aryl methyl sites for hydroxylation is 2. The molecule has 5 rings (SSSR count). The summed E-state index contributed by atoms with van der Waals surface area (Å²) in [5.41, 5.74) is 2.32. The van der Waals surface area contributed by atoms with Crippen LogP contribution in [-0.2, 0) is 6.54 Å². The van der Waals surface area contributed by atoms with Crippen molar-refractivity contribution in [1.29, 1.82) is 0 Å². The fourth-order valence-corrected chi connectivity index (χ4v) is 4.03. The van der Waals surface area contributed by atoms with Gasteiger partial charge in [0.25, 0.3) is 5.91 Å². The van der Waals surface area contributed by atoms with E-state index >= 15 is 0 Å². The van der Waals surface area contributed by atoms with E-state index in [1.165, 1.54) is 17.2 Å². The molecule has 1 aliphatic heterocycles. The van der Waals surface area contributed by atoms with Crippen molar-refractivity contribution >= 4 is 16.9 Å². The van der Waals surface area contributed by atoms with Crippen LogP contribution in [0, 0.1) is 19.7 Å². The zero-order chi connectivity index (χ0) is 21.0. The van der Waals surface area contributed by atoms with Gasteiger partial charge in [0.05, 0.1) is 29.8 Å². The molecule has 1 unspecified atom stereocenters. The van der Waals surface area contributed by atoms with Gasteiger partial charge in [-0.3, -0.25) is 9.59 Å². The molecular formula is C24H18FNO4. The molecule has 3 heterocycles. The van der Waals surface area contributed by atoms with Crippen LogP contribution in [0.3, 0.4) is 0 Å². The molecule has 0 aliphatic carbocycles. The predicted molar refractivity (Wildman–Crippen MR) is 109 cm³/mol. The first-order chi connectivity index (χ1) is 14.5. The summed E-state index contributed by atoms with van der Waals surface area (Å²) >= 11 is 0. The van der Waals surface area contributed by atoms with Crippen molar-refractivity contribution in [3.8, 4) is 0 Å². The van der Waals surface area contributed by atoms with Crippen molar-refractivity contribution in [2.75, 3.05) is 0 Å². The highest BCUT2D eigenvalue weighted by molar-refractivity contribution is 5.99. The van der Waals surface area contributed by atoms with Crippen molar-refractivity contribution in [2.24, 2.45) is 0 Å². The van der Waals surface area contributed by atoms with Crippen molar-refractivity contribution in [3.05, 3.63) is 105 Å². The number of carbonyl (C=O) groups is 1. The third kappa shape index (κ3) is 2.68. The van der Waals surface area contributed by atoms with Gasteiger partial charge in [0.1, 0.15) is 17.2 Å². The number of hydrogen-bond donors (Lipinski definition) is 0. The Labute approximate surface area is 171 Å². The van der Waals surface area contributed by atoms with E-state index in [1.54, 1.807) is 42.5 Å². The first-order valence-electron chi connectivity index (χ1n) is 9.61. The number of nitrogens with zero attached hydrogens (tertiary/aromatic N) is 1. The molecule has 0 saturated heterocycles. The summed E-state index contributed by atoms with van der Waals surface area (Å²) in [4.78, 5) is 28.2. The quantitative estimate of drug-likeness (QED) is 0.489. The molecule has 6 heteroatoms. The highest BCUT2D eigenvalue weighted by atomic mass is 19.1. The van der Waals surface area contributed by atoms with Crippen molar-refractivity contribution in [3.63, 3.8) is 0 Å². The Bertz CT molecular complexity index is 1350. The Balaban J connectivity index is 1.79. The largest absolute Gasteiger partial charge is 0.467 e. The second kappa shape index (κ2) is 6.69. The second-order valence-corrected chi connectivity index (χ2v) is 7.54. The van der Waals surface area contributed by atoms with E-state index in [-0.39, 0.29) is 28.9 Å². The highest BCUT2D eigenvalue weighted by Gasteiger charge is 2.44. The number of benzene rings is 2. The summed E-state index contributed by atoms with van der Waals surface area (Å²) in [6.07, 6.45) is 1.50. The zero-order valence-corrected chi connectivity index (χ0v) is 16.4. The van der Waals surface area contributed by atoms with Gasteiger partial charge in [-0.25, -0.2) is 4.39 Å². The van der Waals surface area contributed by atoms with E-state index in [2.05, 4.69) is 0 Å². The minimum atomic E-state index is -0.902. The van der Waals surface area contributed by atoms with Crippen LogP contribution in [0.4, 0.5) is 4.39 Å². The van der Waals surface area contributed by atoms with E-state index in [4.69, 9.17) is 8.83 Å². The van der Waals surface area contributed by atoms with Crippen LogP contribution >= 0.6 is 0 Å². The van der Waals surface area contributed by atoms with Crippen LogP contribution in [0.5, 0.6) is 0 Å². The molecule has 4 aromatic rings. The second-order valence-electron chi connectivity index (χ2n) is 7.54. The molecule has 1 atom stereocenters. The Morgan fingerprint density at radius 2 is 1.80 bits per heavy atom. The van der Waals surface area contributed by atoms with Crippen LogP contribution in [0.1, 0.15) is 44.6 Å². The smallest absolute Gasteiger partial charge is 0.291 e. The maximum Gasteiger partial charge on any atom is 0.291 e. The van der Waals surface area contributed by atoms with E-state index in [0.29, 0.717) is 16.7 Å². The normalized spacial score (nSPS) is 15.8. The molecule has 0 spiro atoms. The van der Waals surface area contributed by atoms with Gasteiger partial charge in [-0.05, 0) is 55.3 Å². The lowest BCUT2D eigenvalue weighted by molar-refractivity contribution is 0.0699. The zero-order valence-electron chi connectivity index (χ0n) is 16.4. The molecule has 0 bridgehead atoms. The summed E-state index contributed by atoms with van der Waals surface area (Å²) in [7, 11) is 0. The molecule has 30 heavy (non-hydrogen) atoms. The molecule has 0 fully saturated rings. The molecule has 1 amide bonds.